The van der Waals surface area contributed by atoms with E-state index < -0.39 is 0 Å². The summed E-state index contributed by atoms with van der Waals surface area (Å²) in [4.78, 5) is 27.5. The average molecular weight is 490 g/mol. The minimum absolute atomic E-state index is 0.0498. The van der Waals surface area contributed by atoms with Crippen molar-refractivity contribution >= 4 is 23.1 Å². The van der Waals surface area contributed by atoms with Crippen LogP contribution < -0.4 is 4.90 Å². The first-order valence-electron chi connectivity index (χ1n) is 11.8. The topological polar surface area (TPSA) is 52.6 Å². The van der Waals surface area contributed by atoms with E-state index in [1.165, 1.54) is 18.2 Å². The standard InChI is InChI=1S/C28H29F2N5O/c1-20-17-24(7-10-26(20)30)21(2)18-35(22(3)23-5-8-25(29)9-6-23)19-27(36)33-13-15-34(16-14-33)28-31-11-4-12-32-28/h4-12,17-18H,3,13-16,19H2,1-2H3/b21-18+. The van der Waals surface area contributed by atoms with Crippen molar-refractivity contribution in [2.45, 2.75) is 13.8 Å². The van der Waals surface area contributed by atoms with E-state index in [-0.39, 0.29) is 24.1 Å². The predicted octanol–water partition coefficient (Wildman–Crippen LogP) is 4.75. The van der Waals surface area contributed by atoms with Gasteiger partial charge in [-0.25, -0.2) is 18.7 Å². The van der Waals surface area contributed by atoms with Gasteiger partial charge in [-0.3, -0.25) is 4.79 Å². The lowest BCUT2D eigenvalue weighted by Gasteiger charge is -2.36. The van der Waals surface area contributed by atoms with Crippen LogP contribution >= 0.6 is 0 Å². The van der Waals surface area contributed by atoms with Gasteiger partial charge >= 0.3 is 0 Å². The number of aromatic nitrogens is 2. The quantitative estimate of drug-likeness (QED) is 0.480. The molecule has 1 aromatic heterocycles. The van der Waals surface area contributed by atoms with Crippen molar-refractivity contribution in [1.29, 1.82) is 0 Å². The molecule has 1 fully saturated rings. The van der Waals surface area contributed by atoms with Crippen LogP contribution in [0.25, 0.3) is 11.3 Å². The summed E-state index contributed by atoms with van der Waals surface area (Å²) >= 11 is 0. The van der Waals surface area contributed by atoms with Crippen molar-refractivity contribution < 1.29 is 13.6 Å². The molecular formula is C28H29F2N5O. The number of benzene rings is 2. The van der Waals surface area contributed by atoms with E-state index in [9.17, 15) is 13.6 Å². The summed E-state index contributed by atoms with van der Waals surface area (Å²) in [6.07, 6.45) is 5.25. The van der Waals surface area contributed by atoms with Crippen LogP contribution in [0.2, 0.25) is 0 Å². The molecule has 0 bridgehead atoms. The second-order valence-electron chi connectivity index (χ2n) is 8.77. The summed E-state index contributed by atoms with van der Waals surface area (Å²) in [5.41, 5.74) is 3.50. The molecule has 0 saturated carbocycles. The minimum Gasteiger partial charge on any atom is -0.338 e. The van der Waals surface area contributed by atoms with Gasteiger partial charge in [0.2, 0.25) is 11.9 Å². The van der Waals surface area contributed by atoms with Gasteiger partial charge in [-0.2, -0.15) is 0 Å². The van der Waals surface area contributed by atoms with Gasteiger partial charge < -0.3 is 14.7 Å². The molecule has 0 unspecified atom stereocenters. The molecule has 2 aromatic carbocycles. The molecular weight excluding hydrogens is 460 g/mol. The monoisotopic (exact) mass is 489 g/mol. The van der Waals surface area contributed by atoms with E-state index in [0.29, 0.717) is 49.0 Å². The van der Waals surface area contributed by atoms with Crippen LogP contribution in [0.15, 0.2) is 73.7 Å². The highest BCUT2D eigenvalue weighted by atomic mass is 19.1. The van der Waals surface area contributed by atoms with Crippen molar-refractivity contribution in [2.24, 2.45) is 0 Å². The maximum atomic E-state index is 13.8. The van der Waals surface area contributed by atoms with Crippen molar-refractivity contribution in [1.82, 2.24) is 19.8 Å². The Balaban J connectivity index is 1.52. The molecule has 1 saturated heterocycles. The molecule has 0 aliphatic carbocycles. The Morgan fingerprint density at radius 3 is 2.31 bits per heavy atom. The number of hydrogen-bond donors (Lipinski definition) is 0. The molecule has 4 rings (SSSR count). The lowest BCUT2D eigenvalue weighted by Crippen LogP contribution is -2.51. The fraction of sp³-hybridized carbons (Fsp3) is 0.250. The highest BCUT2D eigenvalue weighted by Crippen LogP contribution is 2.24. The van der Waals surface area contributed by atoms with Crippen LogP contribution in [-0.2, 0) is 4.79 Å². The Morgan fingerprint density at radius 1 is 1.03 bits per heavy atom. The first-order chi connectivity index (χ1) is 17.3. The second-order valence-corrected chi connectivity index (χ2v) is 8.77. The van der Waals surface area contributed by atoms with E-state index in [1.54, 1.807) is 54.5 Å². The highest BCUT2D eigenvalue weighted by molar-refractivity contribution is 5.81. The fourth-order valence-corrected chi connectivity index (χ4v) is 4.08. The summed E-state index contributed by atoms with van der Waals surface area (Å²) in [6, 6.07) is 12.7. The van der Waals surface area contributed by atoms with Crippen LogP contribution in [0.4, 0.5) is 14.7 Å². The molecule has 1 amide bonds. The van der Waals surface area contributed by atoms with Gasteiger partial charge in [-0.15, -0.1) is 0 Å². The van der Waals surface area contributed by atoms with Gasteiger partial charge in [0, 0.05) is 50.5 Å². The third-order valence-electron chi connectivity index (χ3n) is 6.26. The number of hydrogen-bond acceptors (Lipinski definition) is 5. The van der Waals surface area contributed by atoms with Crippen LogP contribution in [0, 0.1) is 18.6 Å². The molecule has 1 aliphatic heterocycles. The maximum Gasteiger partial charge on any atom is 0.242 e. The minimum atomic E-state index is -0.344. The van der Waals surface area contributed by atoms with Crippen LogP contribution in [-0.4, -0.2) is 58.4 Å². The summed E-state index contributed by atoms with van der Waals surface area (Å²) in [6.45, 7) is 10.2. The van der Waals surface area contributed by atoms with Gasteiger partial charge in [0.25, 0.3) is 0 Å². The number of allylic oxidation sites excluding steroid dienone is 1. The van der Waals surface area contributed by atoms with Gasteiger partial charge in [0.05, 0.1) is 0 Å². The SMILES string of the molecule is C=C(c1ccc(F)cc1)N(/C=C(\C)c1ccc(F)c(C)c1)CC(=O)N1CCN(c2ncccn2)CC1. The Morgan fingerprint density at radius 2 is 1.67 bits per heavy atom. The van der Waals surface area contributed by atoms with Crippen LogP contribution in [0.5, 0.6) is 0 Å². The molecule has 8 heteroatoms. The first kappa shape index (κ1) is 25.0. The Hall–Kier alpha value is -4.07. The lowest BCUT2D eigenvalue weighted by molar-refractivity contribution is -0.131. The molecule has 1 aliphatic rings. The molecule has 36 heavy (non-hydrogen) atoms. The van der Waals surface area contributed by atoms with Crippen molar-refractivity contribution in [2.75, 3.05) is 37.6 Å². The largest absolute Gasteiger partial charge is 0.338 e. The number of carbonyl (C=O) groups is 1. The third kappa shape index (κ3) is 5.94. The number of rotatable bonds is 7. The zero-order chi connectivity index (χ0) is 25.7. The number of amides is 1. The van der Waals surface area contributed by atoms with E-state index in [4.69, 9.17) is 0 Å². The highest BCUT2D eigenvalue weighted by Gasteiger charge is 2.24. The number of anilines is 1. The summed E-state index contributed by atoms with van der Waals surface area (Å²) in [7, 11) is 0. The Kier molecular flexibility index (Phi) is 7.73. The molecule has 0 atom stereocenters. The number of piperazine rings is 1. The fourth-order valence-electron chi connectivity index (χ4n) is 4.08. The van der Waals surface area contributed by atoms with E-state index in [2.05, 4.69) is 21.4 Å². The van der Waals surface area contributed by atoms with Gasteiger partial charge in [-0.1, -0.05) is 24.8 Å². The molecule has 0 N–H and O–H groups in total. The average Bonchev–Trinajstić information content (AvgIpc) is 2.90. The van der Waals surface area contributed by atoms with E-state index in [1.807, 2.05) is 18.0 Å². The van der Waals surface area contributed by atoms with Gasteiger partial charge in [0.15, 0.2) is 0 Å². The van der Waals surface area contributed by atoms with Crippen molar-refractivity contribution in [3.8, 4) is 0 Å². The molecule has 0 spiro atoms. The van der Waals surface area contributed by atoms with Crippen LogP contribution in [0.1, 0.15) is 23.6 Å². The Bertz CT molecular complexity index is 1250. The van der Waals surface area contributed by atoms with Gasteiger partial charge in [0.1, 0.15) is 18.2 Å². The van der Waals surface area contributed by atoms with Crippen molar-refractivity contribution in [3.05, 3.63) is 102 Å². The number of halogens is 2. The molecule has 2 heterocycles. The number of nitrogens with zero attached hydrogens (tertiary/aromatic N) is 5. The van der Waals surface area contributed by atoms with Crippen LogP contribution in [0.3, 0.4) is 0 Å². The summed E-state index contributed by atoms with van der Waals surface area (Å²) < 4.78 is 27.3. The number of aryl methyl sites for hydroxylation is 1. The predicted molar refractivity (Wildman–Crippen MR) is 138 cm³/mol. The molecule has 3 aromatic rings. The second kappa shape index (κ2) is 11.1. The van der Waals surface area contributed by atoms with Crippen molar-refractivity contribution in [3.63, 3.8) is 0 Å². The normalized spacial score (nSPS) is 14.1. The van der Waals surface area contributed by atoms with Gasteiger partial charge in [-0.05, 0) is 66.4 Å². The smallest absolute Gasteiger partial charge is 0.242 e. The van der Waals surface area contributed by atoms with E-state index in [0.717, 1.165) is 11.1 Å². The lowest BCUT2D eigenvalue weighted by atomic mass is 10.0. The zero-order valence-electron chi connectivity index (χ0n) is 20.5. The molecule has 6 nitrogen and oxygen atoms in total. The maximum absolute atomic E-state index is 13.8. The zero-order valence-corrected chi connectivity index (χ0v) is 20.5. The first-order valence-corrected chi connectivity index (χ1v) is 11.8. The summed E-state index contributed by atoms with van der Waals surface area (Å²) in [5.74, 6) is -0.00686. The Labute approximate surface area is 210 Å². The molecule has 186 valence electrons. The summed E-state index contributed by atoms with van der Waals surface area (Å²) in [5, 5.41) is 0. The molecule has 0 radical (unpaired) electrons. The third-order valence-corrected chi connectivity index (χ3v) is 6.26. The van der Waals surface area contributed by atoms with E-state index >= 15 is 0 Å². The number of carbonyl (C=O) groups excluding carboxylic acids is 1.